The molecule has 586 valence electrons. The summed E-state index contributed by atoms with van der Waals surface area (Å²) in [6.45, 7) is -0.603. The van der Waals surface area contributed by atoms with E-state index in [-0.39, 0.29) is 146 Å². The zero-order valence-electron chi connectivity index (χ0n) is 56.8. The van der Waals surface area contributed by atoms with E-state index in [1.165, 1.54) is 56.4 Å². The van der Waals surface area contributed by atoms with E-state index < -0.39 is 171 Å². The van der Waals surface area contributed by atoms with E-state index in [1.807, 2.05) is 0 Å². The first-order chi connectivity index (χ1) is 48.0. The lowest BCUT2D eigenvalue weighted by molar-refractivity contribution is -0.302. The van der Waals surface area contributed by atoms with Crippen LogP contribution in [0.2, 0.25) is 0 Å². The molecule has 22 N–H and O–H groups in total. The van der Waals surface area contributed by atoms with Gasteiger partial charge in [-0.2, -0.15) is 35.3 Å². The van der Waals surface area contributed by atoms with Crippen LogP contribution in [0.25, 0.3) is 0 Å². The van der Waals surface area contributed by atoms with Crippen molar-refractivity contribution < 1.29 is 157 Å². The van der Waals surface area contributed by atoms with Gasteiger partial charge in [0.05, 0.1) is 84.9 Å². The highest BCUT2D eigenvalue weighted by molar-refractivity contribution is 7.99. The molecule has 9 unspecified atom stereocenters. The number of carbonyl (C=O) groups excluding carboxylic acids is 6. The van der Waals surface area contributed by atoms with Gasteiger partial charge in [0.15, 0.2) is 25.0 Å². The molecule has 0 saturated carbocycles. The molecule has 41 nitrogen and oxygen atoms in total. The van der Waals surface area contributed by atoms with Crippen molar-refractivity contribution in [2.75, 3.05) is 149 Å². The lowest BCUT2D eigenvalue weighted by Gasteiger charge is -2.39. The fraction of sp³-hybridized carbons (Fsp3) is 0.825. The van der Waals surface area contributed by atoms with Gasteiger partial charge in [0.25, 0.3) is 0 Å². The van der Waals surface area contributed by atoms with Gasteiger partial charge in [-0.15, -0.1) is 0 Å². The number of hydrogen-bond acceptors (Lipinski definition) is 34. The molecule has 0 aromatic carbocycles. The smallest absolute Gasteiger partial charge is 0.335 e. The second-order valence-electron chi connectivity index (χ2n) is 22.1. The quantitative estimate of drug-likeness (QED) is 0.0252. The van der Waals surface area contributed by atoms with Crippen LogP contribution in [-0.2, 0) is 90.6 Å². The Morgan fingerprint density at radius 1 is 0.416 bits per heavy atom. The number of carboxylic acid groups (broad SMARTS) is 4. The van der Waals surface area contributed by atoms with Gasteiger partial charge < -0.3 is 157 Å². The molecule has 0 radical (unpaired) electrons. The minimum Gasteiger partial charge on any atom is -0.480 e. The van der Waals surface area contributed by atoms with Crippen LogP contribution in [0.3, 0.4) is 0 Å². The number of thioether (sulfide) groups is 3. The normalized spacial score (nSPS) is 25.1. The molecule has 19 atom stereocenters. The van der Waals surface area contributed by atoms with E-state index in [9.17, 15) is 83.7 Å². The fourth-order valence-electron chi connectivity index (χ4n) is 8.76. The predicted molar refractivity (Wildman–Crippen MR) is 355 cm³/mol. The molecule has 3 saturated heterocycles. The number of aliphatic hydroxyl groups excluding tert-OH is 9. The zero-order chi connectivity index (χ0) is 76.1. The standard InChI is InChI=1S/C19H33N3O11S.C19H35N3O11S.C19H35N3O10S/c1-20-10(17(26)22-11(9-34-2)18(27)28)8-21-13(24)3-4-31-5-6-32-14-7-12(23)15(25)16(33-14)19(29)30;1-20-10(17(28)22-11(9-34-2)18(29)30)7-21-13(24)3-4-31-5-6-32-19-16(27)15(26)14(25)12(8-23)33-19;1-20-11(18(27)22-12(10-33-2)19(28)29)8-21-15(25)3-4-30-5-6-31-16-7-13(24)17(26)14(9-23)32-16/h10-12,14-16,20,23,25H,3-9H2,1-2H3,(H,21,24)(H,22,26)(H,27,28)(H,29,30);10-12,14-16,19-20,23,25-27H,3-9H2,1-2H3,(H,21,24)(H,22,28)(H,29,30);11-14,16-17,20,23-24,26H,3-10H2,1-2H3,(H,21,25)(H,22,27)(H,28,29)/t10-,11+,12+,14?,15?,16?;10-,11+,12?,14?,15-,16+,19?;11-,12+,13+,14?,16?,17?/m000/s1. The minimum absolute atomic E-state index is 0.00420. The van der Waals surface area contributed by atoms with Crippen LogP contribution in [0.1, 0.15) is 32.1 Å². The third-order valence-electron chi connectivity index (χ3n) is 14.6. The lowest BCUT2D eigenvalue weighted by atomic mass is 9.99. The average Bonchev–Trinajstić information content (AvgIpc) is 0.837. The van der Waals surface area contributed by atoms with Crippen LogP contribution in [-0.4, -0.2) is 391 Å². The van der Waals surface area contributed by atoms with E-state index in [1.54, 1.807) is 18.8 Å². The molecule has 0 aliphatic carbocycles. The molecule has 0 spiro atoms. The second kappa shape index (κ2) is 53.6. The van der Waals surface area contributed by atoms with E-state index in [0.717, 1.165) is 0 Å². The van der Waals surface area contributed by atoms with Gasteiger partial charge in [0, 0.05) is 69.0 Å². The number of ether oxygens (including phenoxy) is 9. The molecular weight excluding hydrogens is 1420 g/mol. The summed E-state index contributed by atoms with van der Waals surface area (Å²) in [5.41, 5.74) is 0. The summed E-state index contributed by atoms with van der Waals surface area (Å²) in [4.78, 5) is 117. The Hall–Kier alpha value is -5.09. The number of aliphatic carboxylic acids is 4. The van der Waals surface area contributed by atoms with Crippen LogP contribution in [0.5, 0.6) is 0 Å². The summed E-state index contributed by atoms with van der Waals surface area (Å²) in [7, 11) is 4.56. The summed E-state index contributed by atoms with van der Waals surface area (Å²) >= 11 is 3.86. The molecule has 3 aliphatic heterocycles. The van der Waals surface area contributed by atoms with Crippen molar-refractivity contribution in [1.82, 2.24) is 47.9 Å². The Morgan fingerprint density at radius 2 is 0.752 bits per heavy atom. The third kappa shape index (κ3) is 37.4. The largest absolute Gasteiger partial charge is 0.480 e. The highest BCUT2D eigenvalue weighted by Gasteiger charge is 2.45. The molecule has 6 amide bonds. The van der Waals surface area contributed by atoms with Gasteiger partial charge in [0.1, 0.15) is 79.0 Å². The van der Waals surface area contributed by atoms with Crippen molar-refractivity contribution >= 4 is 94.6 Å². The van der Waals surface area contributed by atoms with Crippen molar-refractivity contribution in [2.45, 2.75) is 148 Å². The molecule has 3 heterocycles. The van der Waals surface area contributed by atoms with Crippen molar-refractivity contribution in [3.8, 4) is 0 Å². The predicted octanol–water partition coefficient (Wildman–Crippen LogP) is -10.3. The highest BCUT2D eigenvalue weighted by atomic mass is 32.2. The number of aliphatic hydroxyl groups is 9. The number of nitrogens with one attached hydrogen (secondary N) is 9. The van der Waals surface area contributed by atoms with Gasteiger partial charge in [-0.1, -0.05) is 0 Å². The Balaban J connectivity index is 0.000000758. The van der Waals surface area contributed by atoms with Gasteiger partial charge in [-0.3, -0.25) is 28.8 Å². The average molecular weight is 1520 g/mol. The molecule has 101 heavy (non-hydrogen) atoms. The van der Waals surface area contributed by atoms with E-state index in [0.29, 0.717) is 0 Å². The van der Waals surface area contributed by atoms with Gasteiger partial charge in [-0.05, 0) is 39.9 Å². The van der Waals surface area contributed by atoms with Crippen LogP contribution in [0.4, 0.5) is 0 Å². The number of hydrogen-bond donors (Lipinski definition) is 22. The molecule has 3 fully saturated rings. The van der Waals surface area contributed by atoms with Crippen LogP contribution >= 0.6 is 35.3 Å². The van der Waals surface area contributed by atoms with Gasteiger partial charge in [0.2, 0.25) is 35.4 Å². The SMILES string of the molecule is CN[C@@H](CNC(=O)CCOCCOC1C[C@@H](O)C(O)C(C(=O)O)O1)C(=O)N[C@H](CSC)C(=O)O.CN[C@@H](CNC(=O)CCOCCOC1C[C@@H](O)C(O)C(CO)O1)C(=O)N[C@H](CSC)C(=O)O.CN[C@@H](CNC(=O)CCOCCOC1OC(CO)C(O)[C@H](O)[C@H]1O)C(=O)N[C@H](CSC)C(=O)O. The topological polar surface area (TPSA) is 625 Å². The van der Waals surface area contributed by atoms with Crippen LogP contribution < -0.4 is 47.9 Å². The number of likely N-dealkylation sites (N-methyl/N-ethyl adjacent to an activating group) is 3. The highest BCUT2D eigenvalue weighted by Crippen LogP contribution is 2.24. The number of carbonyl (C=O) groups is 10. The Kier molecular flexibility index (Phi) is 49.9. The van der Waals surface area contributed by atoms with Crippen molar-refractivity contribution in [3.63, 3.8) is 0 Å². The first-order valence-electron chi connectivity index (χ1n) is 31.6. The summed E-state index contributed by atoms with van der Waals surface area (Å²) in [6, 6.07) is -5.52. The molecule has 3 rings (SSSR count). The molecular formula is C57H103N9O32S3. The number of amides is 6. The van der Waals surface area contributed by atoms with Gasteiger partial charge in [-0.25, -0.2) is 19.2 Å². The van der Waals surface area contributed by atoms with Crippen LogP contribution in [0, 0.1) is 0 Å². The Labute approximate surface area is 594 Å². The lowest BCUT2D eigenvalue weighted by Crippen LogP contribution is -2.59. The number of carboxylic acids is 4. The van der Waals surface area contributed by atoms with E-state index >= 15 is 0 Å². The Bertz CT molecular complexity index is 2450. The monoisotopic (exact) mass is 1520 g/mol. The summed E-state index contributed by atoms with van der Waals surface area (Å²) in [6.07, 6.45) is -11.1. The molecule has 0 bridgehead atoms. The van der Waals surface area contributed by atoms with E-state index in [2.05, 4.69) is 47.9 Å². The zero-order valence-corrected chi connectivity index (χ0v) is 59.3. The first-order valence-corrected chi connectivity index (χ1v) is 35.8. The summed E-state index contributed by atoms with van der Waals surface area (Å²) in [5.74, 6) is -6.94. The Morgan fingerprint density at radius 3 is 1.08 bits per heavy atom. The molecule has 44 heteroatoms. The molecule has 3 aliphatic rings. The van der Waals surface area contributed by atoms with Crippen LogP contribution in [0.15, 0.2) is 0 Å². The van der Waals surface area contributed by atoms with Crippen molar-refractivity contribution in [2.24, 2.45) is 0 Å². The van der Waals surface area contributed by atoms with Gasteiger partial charge >= 0.3 is 23.9 Å². The second-order valence-corrected chi connectivity index (χ2v) is 24.8. The first kappa shape index (κ1) is 93.9. The fourth-order valence-corrected chi connectivity index (χ4v) is 10.4. The van der Waals surface area contributed by atoms with E-state index in [4.69, 9.17) is 73.3 Å². The molecule has 0 aromatic heterocycles. The maximum atomic E-state index is 12.2. The van der Waals surface area contributed by atoms with Crippen molar-refractivity contribution in [1.29, 1.82) is 0 Å². The number of rotatable bonds is 48. The third-order valence-corrected chi connectivity index (χ3v) is 16.6. The molecule has 0 aromatic rings. The maximum Gasteiger partial charge on any atom is 0.335 e. The van der Waals surface area contributed by atoms with Crippen molar-refractivity contribution in [3.05, 3.63) is 0 Å². The maximum absolute atomic E-state index is 12.2. The summed E-state index contributed by atoms with van der Waals surface area (Å²) in [5, 5.41) is 146. The minimum atomic E-state index is -1.59. The summed E-state index contributed by atoms with van der Waals surface area (Å²) < 4.78 is 47.4.